The minimum Gasteiger partial charge on any atom is -0.492 e. The van der Waals surface area contributed by atoms with Gasteiger partial charge in [-0.2, -0.15) is 0 Å². The standard InChI is InChI=1S/C26H19F2N3O4/c27-17-2-4-18(5-3-17)31-14-16-8-10-34-25(16)24(26(31)33)21(32)12-15-1-6-22(20(28)11-15)35-19-7-9-30-23(29)13-19/h1-7,9,11,13-14H,8,10,12H2,(H2,29,30). The van der Waals surface area contributed by atoms with Crippen LogP contribution in [0.4, 0.5) is 14.6 Å². The van der Waals surface area contributed by atoms with Crippen molar-refractivity contribution in [1.82, 2.24) is 9.55 Å². The Kier molecular flexibility index (Phi) is 5.74. The number of nitrogen functional groups attached to an aromatic ring is 1. The van der Waals surface area contributed by atoms with Crippen LogP contribution in [0.15, 0.2) is 71.8 Å². The van der Waals surface area contributed by atoms with E-state index in [9.17, 15) is 18.4 Å². The normalized spacial score (nSPS) is 12.2. The van der Waals surface area contributed by atoms with Gasteiger partial charge >= 0.3 is 0 Å². The highest BCUT2D eigenvalue weighted by molar-refractivity contribution is 6.00. The molecule has 176 valence electrons. The Morgan fingerprint density at radius 3 is 2.66 bits per heavy atom. The second kappa shape index (κ2) is 9.02. The molecule has 5 rings (SSSR count). The summed E-state index contributed by atoms with van der Waals surface area (Å²) in [7, 11) is 0. The van der Waals surface area contributed by atoms with E-state index in [0.717, 1.165) is 0 Å². The highest BCUT2D eigenvalue weighted by atomic mass is 19.1. The molecule has 4 aromatic rings. The molecule has 1 aliphatic heterocycles. The lowest BCUT2D eigenvalue weighted by Crippen LogP contribution is -2.27. The van der Waals surface area contributed by atoms with E-state index in [1.807, 2.05) is 0 Å². The number of nitrogens with zero attached hydrogens (tertiary/aromatic N) is 2. The predicted octanol–water partition coefficient (Wildman–Crippen LogP) is 4.25. The van der Waals surface area contributed by atoms with Crippen LogP contribution < -0.4 is 20.8 Å². The predicted molar refractivity (Wildman–Crippen MR) is 124 cm³/mol. The molecule has 1 aliphatic rings. The number of nitrogens with two attached hydrogens (primary N) is 1. The number of hydrogen-bond acceptors (Lipinski definition) is 6. The molecule has 2 N–H and O–H groups in total. The van der Waals surface area contributed by atoms with E-state index >= 15 is 0 Å². The van der Waals surface area contributed by atoms with E-state index in [-0.39, 0.29) is 29.3 Å². The fourth-order valence-corrected chi connectivity index (χ4v) is 3.93. The van der Waals surface area contributed by atoms with Crippen LogP contribution in [0, 0.1) is 11.6 Å². The molecule has 0 aliphatic carbocycles. The summed E-state index contributed by atoms with van der Waals surface area (Å²) in [6.07, 6.45) is 3.34. The van der Waals surface area contributed by atoms with Gasteiger partial charge in [-0.05, 0) is 48.0 Å². The third kappa shape index (κ3) is 4.48. The lowest BCUT2D eigenvalue weighted by molar-refractivity contribution is 0.0988. The van der Waals surface area contributed by atoms with Crippen molar-refractivity contribution in [2.45, 2.75) is 12.8 Å². The van der Waals surface area contributed by atoms with Gasteiger partial charge in [0.25, 0.3) is 5.56 Å². The van der Waals surface area contributed by atoms with Crippen LogP contribution >= 0.6 is 0 Å². The monoisotopic (exact) mass is 475 g/mol. The van der Waals surface area contributed by atoms with Gasteiger partial charge in [0.2, 0.25) is 0 Å². The molecule has 0 amide bonds. The summed E-state index contributed by atoms with van der Waals surface area (Å²) in [4.78, 5) is 30.3. The number of hydrogen-bond donors (Lipinski definition) is 1. The Morgan fingerprint density at radius 1 is 1.11 bits per heavy atom. The van der Waals surface area contributed by atoms with Crippen LogP contribution in [-0.2, 0) is 12.8 Å². The van der Waals surface area contributed by atoms with Crippen molar-refractivity contribution >= 4 is 11.6 Å². The van der Waals surface area contributed by atoms with Crippen LogP contribution in [-0.4, -0.2) is 21.9 Å². The SMILES string of the molecule is Nc1cc(Oc2ccc(CC(=O)c3c4c(cn(-c5ccc(F)cc5)c3=O)CCO4)cc2F)ccn1. The number of benzene rings is 2. The van der Waals surface area contributed by atoms with E-state index in [4.69, 9.17) is 15.2 Å². The summed E-state index contributed by atoms with van der Waals surface area (Å²) >= 11 is 0. The van der Waals surface area contributed by atoms with Gasteiger partial charge in [0.05, 0.1) is 6.61 Å². The maximum atomic E-state index is 14.7. The minimum absolute atomic E-state index is 0.0469. The molecule has 3 heterocycles. The Labute approximate surface area is 198 Å². The zero-order chi connectivity index (χ0) is 24.5. The Bertz CT molecular complexity index is 1500. The molecule has 9 heteroatoms. The van der Waals surface area contributed by atoms with Crippen molar-refractivity contribution in [3.05, 3.63) is 106 Å². The van der Waals surface area contributed by atoms with E-state index in [0.29, 0.717) is 35.6 Å². The van der Waals surface area contributed by atoms with Gasteiger partial charge in [-0.3, -0.25) is 14.2 Å². The second-order valence-electron chi connectivity index (χ2n) is 7.99. The molecule has 7 nitrogen and oxygen atoms in total. The molecule has 2 aromatic heterocycles. The lowest BCUT2D eigenvalue weighted by atomic mass is 10.0. The van der Waals surface area contributed by atoms with Crippen LogP contribution in [0.25, 0.3) is 5.69 Å². The highest BCUT2D eigenvalue weighted by Gasteiger charge is 2.27. The van der Waals surface area contributed by atoms with Crippen molar-refractivity contribution in [3.63, 3.8) is 0 Å². The van der Waals surface area contributed by atoms with Crippen LogP contribution in [0.3, 0.4) is 0 Å². The number of halogens is 2. The number of fused-ring (bicyclic) bond motifs is 1. The first-order chi connectivity index (χ1) is 16.9. The zero-order valence-corrected chi connectivity index (χ0v) is 18.3. The lowest BCUT2D eigenvalue weighted by Gasteiger charge is -2.13. The number of anilines is 1. The summed E-state index contributed by atoms with van der Waals surface area (Å²) < 4.78 is 40.5. The third-order valence-corrected chi connectivity index (χ3v) is 5.58. The minimum atomic E-state index is -0.677. The number of carbonyl (C=O) groups excluding carboxylic acids is 1. The van der Waals surface area contributed by atoms with E-state index < -0.39 is 23.0 Å². The second-order valence-corrected chi connectivity index (χ2v) is 7.99. The molecular weight excluding hydrogens is 456 g/mol. The third-order valence-electron chi connectivity index (χ3n) is 5.58. The summed E-state index contributed by atoms with van der Waals surface area (Å²) in [5, 5.41) is 0. The average Bonchev–Trinajstić information content (AvgIpc) is 3.29. The summed E-state index contributed by atoms with van der Waals surface area (Å²) in [5.41, 5.74) is 6.39. The molecule has 0 radical (unpaired) electrons. The van der Waals surface area contributed by atoms with Gasteiger partial charge in [-0.15, -0.1) is 0 Å². The number of pyridine rings is 2. The van der Waals surface area contributed by atoms with Crippen molar-refractivity contribution in [1.29, 1.82) is 0 Å². The van der Waals surface area contributed by atoms with E-state index in [1.165, 1.54) is 59.3 Å². The topological polar surface area (TPSA) is 96.4 Å². The number of ether oxygens (including phenoxy) is 2. The molecular formula is C26H19F2N3O4. The maximum absolute atomic E-state index is 14.7. The highest BCUT2D eigenvalue weighted by Crippen LogP contribution is 2.30. The molecule has 0 saturated carbocycles. The largest absolute Gasteiger partial charge is 0.492 e. The molecule has 2 aromatic carbocycles. The summed E-state index contributed by atoms with van der Waals surface area (Å²) in [5.74, 6) is -0.885. The van der Waals surface area contributed by atoms with Gasteiger partial charge in [-0.1, -0.05) is 6.07 Å². The number of aromatic nitrogens is 2. The first-order valence-corrected chi connectivity index (χ1v) is 10.8. The molecule has 0 fully saturated rings. The van der Waals surface area contributed by atoms with Crippen LogP contribution in [0.1, 0.15) is 21.5 Å². The Morgan fingerprint density at radius 2 is 1.91 bits per heavy atom. The number of Topliss-reactive ketones (excluding diaryl/α,β-unsaturated/α-hetero) is 1. The van der Waals surface area contributed by atoms with Crippen molar-refractivity contribution < 1.29 is 23.0 Å². The maximum Gasteiger partial charge on any atom is 0.269 e. The molecule has 0 unspecified atom stereocenters. The molecule has 0 atom stereocenters. The van der Waals surface area contributed by atoms with Crippen molar-refractivity contribution in [3.8, 4) is 22.9 Å². The molecule has 0 bridgehead atoms. The van der Waals surface area contributed by atoms with Crippen LogP contribution in [0.2, 0.25) is 0 Å². The summed E-state index contributed by atoms with van der Waals surface area (Å²) in [6, 6.07) is 12.5. The Hall–Kier alpha value is -4.53. The van der Waals surface area contributed by atoms with E-state index in [2.05, 4.69) is 4.98 Å². The Balaban J connectivity index is 1.44. The number of carbonyl (C=O) groups is 1. The van der Waals surface area contributed by atoms with Gasteiger partial charge in [0, 0.05) is 42.6 Å². The average molecular weight is 475 g/mol. The fraction of sp³-hybridized carbons (Fsp3) is 0.115. The zero-order valence-electron chi connectivity index (χ0n) is 18.3. The van der Waals surface area contributed by atoms with Gasteiger partial charge in [-0.25, -0.2) is 13.8 Å². The van der Waals surface area contributed by atoms with Crippen LogP contribution in [0.5, 0.6) is 17.2 Å². The molecule has 0 saturated heterocycles. The van der Waals surface area contributed by atoms with Gasteiger partial charge < -0.3 is 15.2 Å². The first-order valence-electron chi connectivity index (χ1n) is 10.8. The summed E-state index contributed by atoms with van der Waals surface area (Å²) in [6.45, 7) is 0.336. The first kappa shape index (κ1) is 22.3. The number of ketones is 1. The quantitative estimate of drug-likeness (QED) is 0.419. The fourth-order valence-electron chi connectivity index (χ4n) is 3.93. The van der Waals surface area contributed by atoms with Crippen molar-refractivity contribution in [2.24, 2.45) is 0 Å². The molecule has 35 heavy (non-hydrogen) atoms. The van der Waals surface area contributed by atoms with Gasteiger partial charge in [0.15, 0.2) is 17.3 Å². The molecule has 0 spiro atoms. The van der Waals surface area contributed by atoms with Crippen molar-refractivity contribution in [2.75, 3.05) is 12.3 Å². The smallest absolute Gasteiger partial charge is 0.269 e. The number of rotatable bonds is 6. The van der Waals surface area contributed by atoms with Gasteiger partial charge in [0.1, 0.15) is 28.7 Å². The van der Waals surface area contributed by atoms with E-state index in [1.54, 1.807) is 12.3 Å².